The van der Waals surface area contributed by atoms with Crippen LogP contribution in [0.2, 0.25) is 0 Å². The van der Waals surface area contributed by atoms with Crippen LogP contribution in [-0.2, 0) is 6.18 Å². The Balaban J connectivity index is 1.93. The molecule has 1 heterocycles. The highest BCUT2D eigenvalue weighted by Gasteiger charge is 2.38. The Morgan fingerprint density at radius 3 is 2.28 bits per heavy atom. The van der Waals surface area contributed by atoms with Gasteiger partial charge >= 0.3 is 6.18 Å². The molecule has 2 aromatic carbocycles. The highest BCUT2D eigenvalue weighted by atomic mass is 32.1. The minimum Gasteiger partial charge on any atom is -0.493 e. The third-order valence-electron chi connectivity index (χ3n) is 3.87. The predicted molar refractivity (Wildman–Crippen MR) is 100 cm³/mol. The summed E-state index contributed by atoms with van der Waals surface area (Å²) in [5, 5.41) is 2.12. The minimum atomic E-state index is -4.74. The molecular formula is C19H14F4N2O3S. The highest BCUT2D eigenvalue weighted by Crippen LogP contribution is 2.42. The van der Waals surface area contributed by atoms with E-state index in [0.29, 0.717) is 22.8 Å². The molecular weight excluding hydrogens is 412 g/mol. The fourth-order valence-corrected chi connectivity index (χ4v) is 3.50. The zero-order valence-corrected chi connectivity index (χ0v) is 16.0. The average Bonchev–Trinajstić information content (AvgIpc) is 3.12. The summed E-state index contributed by atoms with van der Waals surface area (Å²) in [6.45, 7) is 0. The maximum atomic E-state index is 13.4. The molecule has 0 radical (unpaired) electrons. The van der Waals surface area contributed by atoms with E-state index in [1.54, 1.807) is 0 Å². The summed E-state index contributed by atoms with van der Waals surface area (Å²) in [6, 6.07) is 8.88. The normalized spacial score (nSPS) is 11.2. The van der Waals surface area contributed by atoms with Crippen LogP contribution in [0.25, 0.3) is 10.4 Å². The Hall–Kier alpha value is -3.14. The van der Waals surface area contributed by atoms with Gasteiger partial charge in [0, 0.05) is 5.56 Å². The lowest BCUT2D eigenvalue weighted by atomic mass is 10.1. The number of carbonyl (C=O) groups excluding carboxylic acids is 1. The maximum absolute atomic E-state index is 13.4. The number of methoxy groups -OCH3 is 2. The standard InChI is InChI=1S/C19H14F4N2O3S/c1-27-13-8-5-11(9-14(13)28-2)17(26)25-18-24-16(19(21,22)23)15(29-18)10-3-6-12(20)7-4-10/h3-9H,1-2H3,(H,24,25,26). The Morgan fingerprint density at radius 2 is 1.69 bits per heavy atom. The third kappa shape index (κ3) is 4.48. The van der Waals surface area contributed by atoms with Gasteiger partial charge in [-0.3, -0.25) is 10.1 Å². The number of thiazole rings is 1. The quantitative estimate of drug-likeness (QED) is 0.567. The number of hydrogen-bond acceptors (Lipinski definition) is 5. The fraction of sp³-hybridized carbons (Fsp3) is 0.158. The number of nitrogens with one attached hydrogen (secondary N) is 1. The number of rotatable bonds is 5. The summed E-state index contributed by atoms with van der Waals surface area (Å²) >= 11 is 0.644. The van der Waals surface area contributed by atoms with Gasteiger partial charge in [0.1, 0.15) is 5.82 Å². The van der Waals surface area contributed by atoms with E-state index in [1.165, 1.54) is 44.6 Å². The molecule has 152 valence electrons. The smallest absolute Gasteiger partial charge is 0.434 e. The van der Waals surface area contributed by atoms with Gasteiger partial charge in [0.05, 0.1) is 19.1 Å². The van der Waals surface area contributed by atoms with Crippen molar-refractivity contribution in [2.24, 2.45) is 0 Å². The Bertz CT molecular complexity index is 1030. The number of halogens is 4. The number of alkyl halides is 3. The lowest BCUT2D eigenvalue weighted by molar-refractivity contribution is -0.140. The second kappa shape index (κ2) is 8.08. The molecule has 29 heavy (non-hydrogen) atoms. The molecule has 3 rings (SSSR count). The van der Waals surface area contributed by atoms with E-state index in [9.17, 15) is 22.4 Å². The highest BCUT2D eigenvalue weighted by molar-refractivity contribution is 7.19. The first-order valence-corrected chi connectivity index (χ1v) is 8.92. The van der Waals surface area contributed by atoms with Crippen LogP contribution in [0.15, 0.2) is 42.5 Å². The van der Waals surface area contributed by atoms with E-state index in [0.717, 1.165) is 12.1 Å². The molecule has 1 N–H and O–H groups in total. The molecule has 5 nitrogen and oxygen atoms in total. The average molecular weight is 426 g/mol. The summed E-state index contributed by atoms with van der Waals surface area (Å²) in [4.78, 5) is 15.8. The zero-order chi connectivity index (χ0) is 21.2. The van der Waals surface area contributed by atoms with Crippen molar-refractivity contribution in [3.05, 3.63) is 59.5 Å². The molecule has 0 aliphatic heterocycles. The van der Waals surface area contributed by atoms with Crippen molar-refractivity contribution >= 4 is 22.4 Å². The van der Waals surface area contributed by atoms with Gasteiger partial charge in [-0.2, -0.15) is 13.2 Å². The molecule has 0 spiro atoms. The molecule has 3 aromatic rings. The molecule has 0 aliphatic rings. The first kappa shape index (κ1) is 20.6. The lowest BCUT2D eigenvalue weighted by Crippen LogP contribution is -2.13. The minimum absolute atomic E-state index is 0.142. The second-order valence-corrected chi connectivity index (χ2v) is 6.72. The molecule has 10 heteroatoms. The van der Waals surface area contributed by atoms with E-state index in [2.05, 4.69) is 10.3 Å². The molecule has 1 amide bonds. The number of amides is 1. The molecule has 0 saturated carbocycles. The largest absolute Gasteiger partial charge is 0.493 e. The van der Waals surface area contributed by atoms with Crippen LogP contribution in [0.1, 0.15) is 16.1 Å². The number of benzene rings is 2. The predicted octanol–water partition coefficient (Wildman–Crippen LogP) is 5.24. The van der Waals surface area contributed by atoms with Gasteiger partial charge in [0.15, 0.2) is 22.3 Å². The Labute approximate surface area is 166 Å². The molecule has 0 unspecified atom stereocenters. The molecule has 0 bridgehead atoms. The van der Waals surface area contributed by atoms with E-state index in [4.69, 9.17) is 9.47 Å². The van der Waals surface area contributed by atoms with Crippen molar-refractivity contribution in [1.29, 1.82) is 0 Å². The van der Waals surface area contributed by atoms with Gasteiger partial charge in [-0.25, -0.2) is 9.37 Å². The van der Waals surface area contributed by atoms with Crippen LogP contribution in [0.4, 0.5) is 22.7 Å². The second-order valence-electron chi connectivity index (χ2n) is 5.73. The van der Waals surface area contributed by atoms with Crippen LogP contribution >= 0.6 is 11.3 Å². The van der Waals surface area contributed by atoms with Crippen molar-refractivity contribution in [3.8, 4) is 21.9 Å². The van der Waals surface area contributed by atoms with Crippen molar-refractivity contribution in [2.45, 2.75) is 6.18 Å². The van der Waals surface area contributed by atoms with Gasteiger partial charge in [0.2, 0.25) is 0 Å². The first-order chi connectivity index (χ1) is 13.7. The van der Waals surface area contributed by atoms with Crippen LogP contribution in [0, 0.1) is 5.82 Å². The van der Waals surface area contributed by atoms with Crippen LogP contribution in [0.3, 0.4) is 0 Å². The zero-order valence-electron chi connectivity index (χ0n) is 15.1. The SMILES string of the molecule is COc1ccc(C(=O)Nc2nc(C(F)(F)F)c(-c3ccc(F)cc3)s2)cc1OC. The van der Waals surface area contributed by atoms with Crippen LogP contribution in [-0.4, -0.2) is 25.1 Å². The number of hydrogen-bond donors (Lipinski definition) is 1. The topological polar surface area (TPSA) is 60.5 Å². The monoisotopic (exact) mass is 426 g/mol. The van der Waals surface area contributed by atoms with Gasteiger partial charge in [-0.1, -0.05) is 23.5 Å². The van der Waals surface area contributed by atoms with Crippen LogP contribution in [0.5, 0.6) is 11.5 Å². The molecule has 0 atom stereocenters. The number of ether oxygens (including phenoxy) is 2. The Kier molecular flexibility index (Phi) is 5.73. The molecule has 0 saturated heterocycles. The lowest BCUT2D eigenvalue weighted by Gasteiger charge is -2.09. The van der Waals surface area contributed by atoms with E-state index >= 15 is 0 Å². The first-order valence-electron chi connectivity index (χ1n) is 8.10. The summed E-state index contributed by atoms with van der Waals surface area (Å²) in [5.74, 6) is -0.550. The van der Waals surface area contributed by atoms with E-state index in [1.807, 2.05) is 0 Å². The van der Waals surface area contributed by atoms with Gasteiger partial charge in [-0.05, 0) is 35.9 Å². The number of nitrogens with zero attached hydrogens (tertiary/aromatic N) is 1. The molecule has 1 aromatic heterocycles. The molecule has 0 fully saturated rings. The van der Waals surface area contributed by atoms with E-state index in [-0.39, 0.29) is 21.1 Å². The van der Waals surface area contributed by atoms with Gasteiger partial charge < -0.3 is 9.47 Å². The fourth-order valence-electron chi connectivity index (χ4n) is 2.51. The third-order valence-corrected chi connectivity index (χ3v) is 4.89. The number of anilines is 1. The number of aromatic nitrogens is 1. The summed E-state index contributed by atoms with van der Waals surface area (Å²) in [6.07, 6.45) is -4.74. The Morgan fingerprint density at radius 1 is 1.03 bits per heavy atom. The van der Waals surface area contributed by atoms with Crippen molar-refractivity contribution in [1.82, 2.24) is 4.98 Å². The van der Waals surface area contributed by atoms with Crippen molar-refractivity contribution < 1.29 is 31.8 Å². The summed E-state index contributed by atoms with van der Waals surface area (Å²) < 4.78 is 63.5. The van der Waals surface area contributed by atoms with Gasteiger partial charge in [-0.15, -0.1) is 0 Å². The van der Waals surface area contributed by atoms with Crippen LogP contribution < -0.4 is 14.8 Å². The van der Waals surface area contributed by atoms with Crippen molar-refractivity contribution in [3.63, 3.8) is 0 Å². The van der Waals surface area contributed by atoms with Crippen molar-refractivity contribution in [2.75, 3.05) is 19.5 Å². The van der Waals surface area contributed by atoms with E-state index < -0.39 is 23.6 Å². The summed E-state index contributed by atoms with van der Waals surface area (Å²) in [7, 11) is 2.83. The molecule has 0 aliphatic carbocycles. The number of carbonyl (C=O) groups is 1. The summed E-state index contributed by atoms with van der Waals surface area (Å²) in [5.41, 5.74) is -0.866. The maximum Gasteiger partial charge on any atom is 0.434 e. The van der Waals surface area contributed by atoms with Gasteiger partial charge in [0.25, 0.3) is 5.91 Å².